The summed E-state index contributed by atoms with van der Waals surface area (Å²) in [5.41, 5.74) is 6.71. The van der Waals surface area contributed by atoms with Crippen LogP contribution in [0.3, 0.4) is 0 Å². The van der Waals surface area contributed by atoms with Crippen molar-refractivity contribution >= 4 is 26.5 Å². The van der Waals surface area contributed by atoms with E-state index < -0.39 is 0 Å². The van der Waals surface area contributed by atoms with Crippen molar-refractivity contribution < 1.29 is 4.39 Å². The number of nitrogens with zero attached hydrogens (tertiary/aromatic N) is 3. The standard InChI is InChI=1S/C10H9FN4S/c1-5(12)9-13-14-10-15(9)7-3-2-6(11)4-8(7)16-10/h2-5H,12H2,1H3. The van der Waals surface area contributed by atoms with E-state index in [-0.39, 0.29) is 11.9 Å². The van der Waals surface area contributed by atoms with Gasteiger partial charge in [-0.1, -0.05) is 11.3 Å². The van der Waals surface area contributed by atoms with Gasteiger partial charge in [-0.3, -0.25) is 4.40 Å². The van der Waals surface area contributed by atoms with Gasteiger partial charge in [-0.05, 0) is 25.1 Å². The summed E-state index contributed by atoms with van der Waals surface area (Å²) in [6.07, 6.45) is 0. The molecule has 2 N–H and O–H groups in total. The smallest absolute Gasteiger partial charge is 0.217 e. The first-order valence-electron chi connectivity index (χ1n) is 4.85. The SMILES string of the molecule is CC(N)c1nnc2sc3cc(F)ccc3n12. The van der Waals surface area contributed by atoms with Crippen molar-refractivity contribution in [3.05, 3.63) is 29.8 Å². The topological polar surface area (TPSA) is 56.2 Å². The molecule has 6 heteroatoms. The Morgan fingerprint density at radius 1 is 1.44 bits per heavy atom. The third-order valence-electron chi connectivity index (χ3n) is 2.43. The van der Waals surface area contributed by atoms with Crippen LogP contribution in [0.25, 0.3) is 15.2 Å². The zero-order chi connectivity index (χ0) is 11.3. The van der Waals surface area contributed by atoms with E-state index in [1.165, 1.54) is 23.5 Å². The van der Waals surface area contributed by atoms with Gasteiger partial charge in [-0.2, -0.15) is 0 Å². The van der Waals surface area contributed by atoms with E-state index in [4.69, 9.17) is 5.73 Å². The number of benzene rings is 1. The van der Waals surface area contributed by atoms with Crippen LogP contribution >= 0.6 is 11.3 Å². The maximum absolute atomic E-state index is 13.1. The van der Waals surface area contributed by atoms with Gasteiger partial charge in [0.1, 0.15) is 5.82 Å². The largest absolute Gasteiger partial charge is 0.322 e. The number of rotatable bonds is 1. The first-order chi connectivity index (χ1) is 7.66. The fraction of sp³-hybridized carbons (Fsp3) is 0.200. The zero-order valence-electron chi connectivity index (χ0n) is 8.51. The lowest BCUT2D eigenvalue weighted by Crippen LogP contribution is -2.09. The van der Waals surface area contributed by atoms with E-state index in [0.29, 0.717) is 5.82 Å². The van der Waals surface area contributed by atoms with Gasteiger partial charge in [0.2, 0.25) is 4.96 Å². The van der Waals surface area contributed by atoms with Crippen LogP contribution in [-0.2, 0) is 0 Å². The van der Waals surface area contributed by atoms with Gasteiger partial charge in [0.05, 0.1) is 16.3 Å². The maximum Gasteiger partial charge on any atom is 0.217 e. The van der Waals surface area contributed by atoms with Crippen LogP contribution in [0.4, 0.5) is 4.39 Å². The van der Waals surface area contributed by atoms with E-state index in [9.17, 15) is 4.39 Å². The highest BCUT2D eigenvalue weighted by Gasteiger charge is 2.14. The minimum Gasteiger partial charge on any atom is -0.322 e. The van der Waals surface area contributed by atoms with Crippen molar-refractivity contribution in [3.8, 4) is 0 Å². The van der Waals surface area contributed by atoms with Crippen LogP contribution in [0.1, 0.15) is 18.8 Å². The highest BCUT2D eigenvalue weighted by molar-refractivity contribution is 7.23. The predicted molar refractivity (Wildman–Crippen MR) is 60.9 cm³/mol. The first-order valence-corrected chi connectivity index (χ1v) is 5.67. The minimum atomic E-state index is -0.243. The lowest BCUT2D eigenvalue weighted by Gasteiger charge is -2.01. The van der Waals surface area contributed by atoms with E-state index >= 15 is 0 Å². The molecule has 0 amide bonds. The fourth-order valence-electron chi connectivity index (χ4n) is 1.72. The summed E-state index contributed by atoms with van der Waals surface area (Å²) in [6.45, 7) is 1.85. The molecule has 0 aliphatic heterocycles. The van der Waals surface area contributed by atoms with Crippen LogP contribution in [0.5, 0.6) is 0 Å². The van der Waals surface area contributed by atoms with E-state index in [2.05, 4.69) is 10.2 Å². The van der Waals surface area contributed by atoms with Gasteiger partial charge < -0.3 is 5.73 Å². The van der Waals surface area contributed by atoms with Crippen LogP contribution in [0.15, 0.2) is 18.2 Å². The summed E-state index contributed by atoms with van der Waals surface area (Å²) in [5, 5.41) is 8.07. The molecule has 1 atom stereocenters. The predicted octanol–water partition coefficient (Wildman–Crippen LogP) is 2.10. The summed E-state index contributed by atoms with van der Waals surface area (Å²) in [5.74, 6) is 0.458. The van der Waals surface area contributed by atoms with Gasteiger partial charge in [-0.15, -0.1) is 10.2 Å². The molecular weight excluding hydrogens is 227 g/mol. The number of hydrogen-bond acceptors (Lipinski definition) is 4. The molecule has 3 rings (SSSR count). The molecule has 1 aromatic carbocycles. The quantitative estimate of drug-likeness (QED) is 0.704. The van der Waals surface area contributed by atoms with E-state index in [1.807, 2.05) is 11.3 Å². The highest BCUT2D eigenvalue weighted by Crippen LogP contribution is 2.28. The fourth-order valence-corrected chi connectivity index (χ4v) is 2.72. The minimum absolute atomic E-state index is 0.196. The third-order valence-corrected chi connectivity index (χ3v) is 3.42. The molecule has 4 nitrogen and oxygen atoms in total. The second kappa shape index (κ2) is 3.23. The van der Waals surface area contributed by atoms with Gasteiger partial charge in [0.25, 0.3) is 0 Å². The van der Waals surface area contributed by atoms with Crippen LogP contribution < -0.4 is 5.73 Å². The monoisotopic (exact) mass is 236 g/mol. The Morgan fingerprint density at radius 2 is 2.25 bits per heavy atom. The van der Waals surface area contributed by atoms with Crippen molar-refractivity contribution in [2.45, 2.75) is 13.0 Å². The van der Waals surface area contributed by atoms with Crippen LogP contribution in [0.2, 0.25) is 0 Å². The number of nitrogens with two attached hydrogens (primary N) is 1. The molecule has 16 heavy (non-hydrogen) atoms. The molecule has 0 fully saturated rings. The van der Waals surface area contributed by atoms with Crippen molar-refractivity contribution in [1.82, 2.24) is 14.6 Å². The van der Waals surface area contributed by atoms with Crippen LogP contribution in [-0.4, -0.2) is 14.6 Å². The second-order valence-electron chi connectivity index (χ2n) is 3.68. The van der Waals surface area contributed by atoms with Crippen molar-refractivity contribution in [2.24, 2.45) is 5.73 Å². The third kappa shape index (κ3) is 1.23. The average molecular weight is 236 g/mol. The molecule has 3 aromatic rings. The lowest BCUT2D eigenvalue weighted by atomic mass is 10.3. The van der Waals surface area contributed by atoms with Gasteiger partial charge in [0, 0.05) is 0 Å². The summed E-state index contributed by atoms with van der Waals surface area (Å²) >= 11 is 1.41. The molecule has 2 aromatic heterocycles. The summed E-state index contributed by atoms with van der Waals surface area (Å²) in [4.78, 5) is 0.743. The zero-order valence-corrected chi connectivity index (χ0v) is 9.33. The number of halogens is 1. The van der Waals surface area contributed by atoms with Crippen molar-refractivity contribution in [2.75, 3.05) is 0 Å². The number of aromatic nitrogens is 3. The number of thiazole rings is 1. The Kier molecular flexibility index (Phi) is 1.95. The molecule has 2 heterocycles. The molecule has 0 spiro atoms. The molecule has 0 radical (unpaired) electrons. The molecule has 0 bridgehead atoms. The van der Waals surface area contributed by atoms with Gasteiger partial charge in [-0.25, -0.2) is 4.39 Å². The Labute approximate surface area is 94.5 Å². The summed E-state index contributed by atoms with van der Waals surface area (Å²) < 4.78 is 15.8. The first kappa shape index (κ1) is 9.68. The van der Waals surface area contributed by atoms with E-state index in [1.54, 1.807) is 6.07 Å². The normalized spacial score (nSPS) is 13.7. The highest BCUT2D eigenvalue weighted by atomic mass is 32.1. The average Bonchev–Trinajstić information content (AvgIpc) is 2.74. The molecule has 0 aliphatic carbocycles. The Balaban J connectivity index is 2.45. The lowest BCUT2D eigenvalue weighted by molar-refractivity contribution is 0.630. The molecule has 0 aliphatic rings. The molecular formula is C10H9FN4S. The van der Waals surface area contributed by atoms with Crippen LogP contribution in [0, 0.1) is 5.82 Å². The van der Waals surface area contributed by atoms with E-state index in [0.717, 1.165) is 15.2 Å². The molecule has 0 saturated heterocycles. The van der Waals surface area contributed by atoms with Gasteiger partial charge >= 0.3 is 0 Å². The number of fused-ring (bicyclic) bond motifs is 3. The molecule has 0 saturated carbocycles. The van der Waals surface area contributed by atoms with Crippen molar-refractivity contribution in [3.63, 3.8) is 0 Å². The van der Waals surface area contributed by atoms with Crippen molar-refractivity contribution in [1.29, 1.82) is 0 Å². The Hall–Kier alpha value is -1.53. The molecule has 82 valence electrons. The summed E-state index contributed by atoms with van der Waals surface area (Å²) in [7, 11) is 0. The Bertz CT molecular complexity index is 670. The van der Waals surface area contributed by atoms with Gasteiger partial charge in [0.15, 0.2) is 5.82 Å². The number of hydrogen-bond donors (Lipinski definition) is 1. The maximum atomic E-state index is 13.1. The Morgan fingerprint density at radius 3 is 3.00 bits per heavy atom. The second-order valence-corrected chi connectivity index (χ2v) is 4.69. The molecule has 1 unspecified atom stereocenters. The summed E-state index contributed by atoms with van der Waals surface area (Å²) in [6, 6.07) is 4.46.